The Kier molecular flexibility index (Phi) is 7.40. The maximum atomic E-state index is 13.3. The number of carbonyl (C=O) groups is 3. The van der Waals surface area contributed by atoms with Gasteiger partial charge in [0.25, 0.3) is 5.91 Å². The van der Waals surface area contributed by atoms with Crippen molar-refractivity contribution in [3.05, 3.63) is 71.9 Å². The summed E-state index contributed by atoms with van der Waals surface area (Å²) in [6, 6.07) is 17.3. The molecule has 1 fully saturated rings. The number of nitrogens with zero attached hydrogens (tertiary/aromatic N) is 1. The highest BCUT2D eigenvalue weighted by Gasteiger charge is 2.23. The number of nitrogens with one attached hydrogen (secondary N) is 3. The van der Waals surface area contributed by atoms with E-state index in [4.69, 9.17) is 0 Å². The van der Waals surface area contributed by atoms with E-state index in [0.717, 1.165) is 16.5 Å². The van der Waals surface area contributed by atoms with Gasteiger partial charge in [-0.25, -0.2) is 0 Å². The SMILES string of the molecule is O=C1CCN(C(=O)c2cccc3[nH]ccc23)CCCC(C(=O)NCc2ccccc2)CCN1. The molecule has 7 nitrogen and oxygen atoms in total. The summed E-state index contributed by atoms with van der Waals surface area (Å²) < 4.78 is 0. The smallest absolute Gasteiger partial charge is 0.254 e. The molecule has 0 saturated carbocycles. The summed E-state index contributed by atoms with van der Waals surface area (Å²) in [5, 5.41) is 6.80. The molecule has 2 heterocycles. The molecule has 2 aromatic carbocycles. The first-order valence-corrected chi connectivity index (χ1v) is 11.6. The second-order valence-corrected chi connectivity index (χ2v) is 8.47. The molecule has 3 aromatic rings. The van der Waals surface area contributed by atoms with Crippen LogP contribution in [0.5, 0.6) is 0 Å². The molecule has 1 atom stereocenters. The third-order valence-electron chi connectivity index (χ3n) is 6.20. The number of benzene rings is 2. The number of H-pyrrole nitrogens is 1. The van der Waals surface area contributed by atoms with Crippen molar-refractivity contribution in [3.8, 4) is 0 Å². The Morgan fingerprint density at radius 3 is 2.70 bits per heavy atom. The van der Waals surface area contributed by atoms with Crippen LogP contribution >= 0.6 is 0 Å². The van der Waals surface area contributed by atoms with Crippen LogP contribution in [0.3, 0.4) is 0 Å². The molecule has 0 bridgehead atoms. The third-order valence-corrected chi connectivity index (χ3v) is 6.20. The Morgan fingerprint density at radius 1 is 1.00 bits per heavy atom. The molecule has 0 spiro atoms. The van der Waals surface area contributed by atoms with Gasteiger partial charge in [-0.3, -0.25) is 14.4 Å². The Hall–Kier alpha value is -3.61. The number of hydrogen-bond donors (Lipinski definition) is 3. The zero-order valence-corrected chi connectivity index (χ0v) is 18.7. The number of fused-ring (bicyclic) bond motifs is 1. The van der Waals surface area contributed by atoms with Crippen LogP contribution in [0, 0.1) is 5.92 Å². The normalized spacial score (nSPS) is 17.8. The molecule has 33 heavy (non-hydrogen) atoms. The van der Waals surface area contributed by atoms with Crippen LogP contribution in [0.2, 0.25) is 0 Å². The second-order valence-electron chi connectivity index (χ2n) is 8.47. The van der Waals surface area contributed by atoms with E-state index < -0.39 is 0 Å². The fraction of sp³-hybridized carbons (Fsp3) is 0.346. The zero-order valence-electron chi connectivity index (χ0n) is 18.7. The summed E-state index contributed by atoms with van der Waals surface area (Å²) in [5.74, 6) is -0.408. The first-order chi connectivity index (χ1) is 16.1. The quantitative estimate of drug-likeness (QED) is 0.574. The maximum absolute atomic E-state index is 13.3. The number of hydrogen-bond acceptors (Lipinski definition) is 3. The Morgan fingerprint density at radius 2 is 1.85 bits per heavy atom. The van der Waals surface area contributed by atoms with E-state index in [9.17, 15) is 14.4 Å². The van der Waals surface area contributed by atoms with Crippen LogP contribution < -0.4 is 10.6 Å². The number of aromatic amines is 1. The van der Waals surface area contributed by atoms with Gasteiger partial charge in [0.1, 0.15) is 0 Å². The van der Waals surface area contributed by atoms with Crippen LogP contribution in [-0.4, -0.2) is 47.2 Å². The van der Waals surface area contributed by atoms with E-state index in [1.165, 1.54) is 0 Å². The highest BCUT2D eigenvalue weighted by molar-refractivity contribution is 6.06. The van der Waals surface area contributed by atoms with Crippen molar-refractivity contribution in [2.45, 2.75) is 32.2 Å². The zero-order chi connectivity index (χ0) is 23.0. The van der Waals surface area contributed by atoms with Gasteiger partial charge in [0.2, 0.25) is 11.8 Å². The van der Waals surface area contributed by atoms with E-state index in [0.29, 0.717) is 51.0 Å². The molecule has 4 rings (SSSR count). The van der Waals surface area contributed by atoms with Gasteiger partial charge in [0.15, 0.2) is 0 Å². The molecule has 1 aromatic heterocycles. The number of carbonyl (C=O) groups excluding carboxylic acids is 3. The molecular weight excluding hydrogens is 416 g/mol. The van der Waals surface area contributed by atoms with Gasteiger partial charge in [-0.15, -0.1) is 0 Å². The standard InChI is InChI=1S/C26H30N4O3/c31-24-13-17-30(26(33)22-9-4-10-23-21(22)12-15-27-23)16-5-8-20(11-14-28-24)25(32)29-18-19-6-2-1-3-7-19/h1-4,6-7,9-10,12,15,20,27H,5,8,11,13-14,16-18H2,(H,28,31)(H,29,32). The lowest BCUT2D eigenvalue weighted by atomic mass is 9.97. The molecule has 1 aliphatic heterocycles. The second kappa shape index (κ2) is 10.8. The highest BCUT2D eigenvalue weighted by atomic mass is 16.2. The van der Waals surface area contributed by atoms with E-state index in [1.807, 2.05) is 60.8 Å². The monoisotopic (exact) mass is 446 g/mol. The molecule has 3 N–H and O–H groups in total. The van der Waals surface area contributed by atoms with Crippen molar-refractivity contribution in [3.63, 3.8) is 0 Å². The number of amides is 3. The lowest BCUT2D eigenvalue weighted by molar-refractivity contribution is -0.126. The average Bonchev–Trinajstić information content (AvgIpc) is 3.31. The van der Waals surface area contributed by atoms with Crippen LogP contribution in [0.25, 0.3) is 10.9 Å². The summed E-state index contributed by atoms with van der Waals surface area (Å²) in [6.45, 7) is 1.80. The minimum Gasteiger partial charge on any atom is -0.361 e. The van der Waals surface area contributed by atoms with Gasteiger partial charge in [-0.2, -0.15) is 0 Å². The molecule has 1 aliphatic rings. The molecule has 172 valence electrons. The molecule has 3 amide bonds. The first kappa shape index (κ1) is 22.6. The predicted octanol–water partition coefficient (Wildman–Crippen LogP) is 3.23. The van der Waals surface area contributed by atoms with E-state index in [-0.39, 0.29) is 30.1 Å². The van der Waals surface area contributed by atoms with Crippen molar-refractivity contribution < 1.29 is 14.4 Å². The summed E-state index contributed by atoms with van der Waals surface area (Å²) in [4.78, 5) is 43.4. The minimum absolute atomic E-state index is 0.0117. The Bertz CT molecular complexity index is 1110. The van der Waals surface area contributed by atoms with Crippen molar-refractivity contribution in [1.29, 1.82) is 0 Å². The van der Waals surface area contributed by atoms with Gasteiger partial charge >= 0.3 is 0 Å². The molecular formula is C26H30N4O3. The number of rotatable bonds is 4. The van der Waals surface area contributed by atoms with Crippen molar-refractivity contribution >= 4 is 28.6 Å². The largest absolute Gasteiger partial charge is 0.361 e. The van der Waals surface area contributed by atoms with Gasteiger partial charge in [-0.1, -0.05) is 36.4 Å². The van der Waals surface area contributed by atoms with Gasteiger partial charge in [-0.05, 0) is 43.0 Å². The average molecular weight is 447 g/mol. The van der Waals surface area contributed by atoms with E-state index >= 15 is 0 Å². The molecule has 1 saturated heterocycles. The highest BCUT2D eigenvalue weighted by Crippen LogP contribution is 2.21. The topological polar surface area (TPSA) is 94.3 Å². The fourth-order valence-electron chi connectivity index (χ4n) is 4.33. The van der Waals surface area contributed by atoms with Crippen LogP contribution in [0.4, 0.5) is 0 Å². The van der Waals surface area contributed by atoms with Gasteiger partial charge < -0.3 is 20.5 Å². The van der Waals surface area contributed by atoms with Gasteiger partial charge in [0.05, 0.1) is 0 Å². The lowest BCUT2D eigenvalue weighted by Gasteiger charge is -2.23. The maximum Gasteiger partial charge on any atom is 0.254 e. The minimum atomic E-state index is -0.211. The van der Waals surface area contributed by atoms with E-state index in [1.54, 1.807) is 4.90 Å². The van der Waals surface area contributed by atoms with Crippen LogP contribution in [0.1, 0.15) is 41.6 Å². The fourth-order valence-corrected chi connectivity index (χ4v) is 4.33. The summed E-state index contributed by atoms with van der Waals surface area (Å²) in [5.41, 5.74) is 2.58. The molecule has 1 unspecified atom stereocenters. The summed E-state index contributed by atoms with van der Waals surface area (Å²) in [7, 11) is 0. The lowest BCUT2D eigenvalue weighted by Crippen LogP contribution is -2.35. The van der Waals surface area contributed by atoms with Crippen molar-refractivity contribution in [2.75, 3.05) is 19.6 Å². The first-order valence-electron chi connectivity index (χ1n) is 11.6. The Labute approximate surface area is 193 Å². The van der Waals surface area contributed by atoms with Gasteiger partial charge in [0, 0.05) is 61.2 Å². The van der Waals surface area contributed by atoms with E-state index in [2.05, 4.69) is 15.6 Å². The molecule has 0 aliphatic carbocycles. The molecule has 7 heteroatoms. The molecule has 0 radical (unpaired) electrons. The third kappa shape index (κ3) is 5.80. The van der Waals surface area contributed by atoms with Crippen molar-refractivity contribution in [2.24, 2.45) is 5.92 Å². The van der Waals surface area contributed by atoms with Crippen LogP contribution in [0.15, 0.2) is 60.8 Å². The predicted molar refractivity (Wildman–Crippen MR) is 127 cm³/mol. The number of aromatic nitrogens is 1. The Balaban J connectivity index is 1.42. The van der Waals surface area contributed by atoms with Crippen LogP contribution in [-0.2, 0) is 16.1 Å². The summed E-state index contributed by atoms with van der Waals surface area (Å²) >= 11 is 0. The van der Waals surface area contributed by atoms with Crippen molar-refractivity contribution in [1.82, 2.24) is 20.5 Å². The summed E-state index contributed by atoms with van der Waals surface area (Å²) in [6.07, 6.45) is 4.02.